The molecule has 0 saturated heterocycles. The monoisotopic (exact) mass is 407 g/mol. The minimum Gasteiger partial charge on any atom is -0.486 e. The van der Waals surface area contributed by atoms with Gasteiger partial charge in [-0.2, -0.15) is 0 Å². The van der Waals surface area contributed by atoms with Crippen molar-refractivity contribution >= 4 is 33.3 Å². The summed E-state index contributed by atoms with van der Waals surface area (Å²) < 4.78 is 25.0. The number of alkyl halides is 1. The van der Waals surface area contributed by atoms with Crippen molar-refractivity contribution in [3.05, 3.63) is 53.3 Å². The topological polar surface area (TPSA) is 64.6 Å². The van der Waals surface area contributed by atoms with Crippen LogP contribution in [0.5, 0.6) is 11.5 Å². The first-order chi connectivity index (χ1) is 12.0. The van der Waals surface area contributed by atoms with Crippen molar-refractivity contribution in [1.82, 2.24) is 0 Å². The minimum absolute atomic E-state index is 0.0819. The molecule has 0 saturated carbocycles. The molecule has 0 radical (unpaired) electrons. The molecule has 0 unspecified atom stereocenters. The standard InChI is InChI=1S/C18H15BrFNO4/c1-10(19)18(23)21-14-9-16-15(24-6-7-25-16)8-12(14)17(22)11-4-2-3-5-13(11)20/h2-5,8-10H,6-7H2,1H3,(H,21,23)/t10-/m0/s1. The largest absolute Gasteiger partial charge is 0.486 e. The predicted octanol–water partition coefficient (Wildman–Crippen LogP) is 3.55. The van der Waals surface area contributed by atoms with Gasteiger partial charge in [0.1, 0.15) is 19.0 Å². The van der Waals surface area contributed by atoms with Crippen molar-refractivity contribution in [3.8, 4) is 11.5 Å². The van der Waals surface area contributed by atoms with E-state index in [1.165, 1.54) is 30.3 Å². The van der Waals surface area contributed by atoms with Crippen molar-refractivity contribution in [2.75, 3.05) is 18.5 Å². The average molecular weight is 408 g/mol. The Balaban J connectivity index is 2.08. The van der Waals surface area contributed by atoms with Crippen LogP contribution in [0.3, 0.4) is 0 Å². The van der Waals surface area contributed by atoms with E-state index in [9.17, 15) is 14.0 Å². The Labute approximate surface area is 152 Å². The van der Waals surface area contributed by atoms with E-state index in [1.54, 1.807) is 13.0 Å². The fraction of sp³-hybridized carbons (Fsp3) is 0.222. The van der Waals surface area contributed by atoms with E-state index in [-0.39, 0.29) is 22.7 Å². The zero-order chi connectivity index (χ0) is 18.0. The molecular formula is C18H15BrFNO4. The molecule has 0 spiro atoms. The molecular weight excluding hydrogens is 393 g/mol. The first kappa shape index (κ1) is 17.4. The molecule has 25 heavy (non-hydrogen) atoms. The summed E-state index contributed by atoms with van der Waals surface area (Å²) in [6.45, 7) is 2.38. The summed E-state index contributed by atoms with van der Waals surface area (Å²) in [7, 11) is 0. The van der Waals surface area contributed by atoms with Crippen LogP contribution in [-0.4, -0.2) is 29.7 Å². The predicted molar refractivity (Wildman–Crippen MR) is 94.3 cm³/mol. The smallest absolute Gasteiger partial charge is 0.237 e. The normalized spacial score (nSPS) is 13.9. The second kappa shape index (κ2) is 7.23. The highest BCUT2D eigenvalue weighted by Gasteiger charge is 2.24. The Bertz CT molecular complexity index is 838. The Morgan fingerprint density at radius 2 is 1.76 bits per heavy atom. The maximum atomic E-state index is 14.0. The Morgan fingerprint density at radius 1 is 1.12 bits per heavy atom. The number of rotatable bonds is 4. The van der Waals surface area contributed by atoms with Gasteiger partial charge in [0.05, 0.1) is 21.6 Å². The number of ether oxygens (including phenoxy) is 2. The molecule has 2 aromatic carbocycles. The first-order valence-corrected chi connectivity index (χ1v) is 8.56. The van der Waals surface area contributed by atoms with Gasteiger partial charge >= 0.3 is 0 Å². The summed E-state index contributed by atoms with van der Waals surface area (Å²) in [6, 6.07) is 8.68. The number of nitrogens with one attached hydrogen (secondary N) is 1. The van der Waals surface area contributed by atoms with Crippen molar-refractivity contribution < 1.29 is 23.5 Å². The van der Waals surface area contributed by atoms with Crippen LogP contribution in [0.4, 0.5) is 10.1 Å². The minimum atomic E-state index is -0.631. The molecule has 0 bridgehead atoms. The molecule has 1 aliphatic heterocycles. The van der Waals surface area contributed by atoms with Crippen LogP contribution in [0, 0.1) is 5.82 Å². The molecule has 5 nitrogen and oxygen atoms in total. The van der Waals surface area contributed by atoms with Gasteiger partial charge in [0.15, 0.2) is 17.3 Å². The number of fused-ring (bicyclic) bond motifs is 1. The van der Waals surface area contributed by atoms with Gasteiger partial charge in [0, 0.05) is 6.07 Å². The lowest BCUT2D eigenvalue weighted by atomic mass is 10.00. The molecule has 3 rings (SSSR count). The molecule has 1 amide bonds. The van der Waals surface area contributed by atoms with E-state index < -0.39 is 16.4 Å². The van der Waals surface area contributed by atoms with Gasteiger partial charge in [-0.25, -0.2) is 4.39 Å². The fourth-order valence-electron chi connectivity index (χ4n) is 2.40. The lowest BCUT2D eigenvalue weighted by molar-refractivity contribution is -0.115. The van der Waals surface area contributed by atoms with Gasteiger partial charge in [0.2, 0.25) is 5.91 Å². The number of halogens is 2. The zero-order valence-corrected chi connectivity index (χ0v) is 14.9. The van der Waals surface area contributed by atoms with Crippen molar-refractivity contribution in [2.45, 2.75) is 11.8 Å². The van der Waals surface area contributed by atoms with Gasteiger partial charge in [-0.15, -0.1) is 0 Å². The molecule has 2 aromatic rings. The van der Waals surface area contributed by atoms with Gasteiger partial charge in [0.25, 0.3) is 0 Å². The summed E-state index contributed by atoms with van der Waals surface area (Å²) in [5.74, 6) is -0.704. The molecule has 0 fully saturated rings. The molecule has 1 N–H and O–H groups in total. The molecule has 0 aromatic heterocycles. The number of carbonyl (C=O) groups is 2. The van der Waals surface area contributed by atoms with Crippen molar-refractivity contribution in [3.63, 3.8) is 0 Å². The number of hydrogen-bond donors (Lipinski definition) is 1. The summed E-state index contributed by atoms with van der Waals surface area (Å²) in [5, 5.41) is 2.67. The van der Waals surface area contributed by atoms with Gasteiger partial charge < -0.3 is 14.8 Å². The maximum absolute atomic E-state index is 14.0. The second-order valence-electron chi connectivity index (χ2n) is 5.46. The van der Waals surface area contributed by atoms with E-state index in [1.807, 2.05) is 0 Å². The molecule has 0 aliphatic carbocycles. The van der Waals surface area contributed by atoms with Gasteiger partial charge in [-0.1, -0.05) is 28.1 Å². The van der Waals surface area contributed by atoms with E-state index in [0.717, 1.165) is 0 Å². The number of ketones is 1. The number of carbonyl (C=O) groups excluding carboxylic acids is 2. The summed E-state index contributed by atoms with van der Waals surface area (Å²) in [6.07, 6.45) is 0. The number of hydrogen-bond acceptors (Lipinski definition) is 4. The Morgan fingerprint density at radius 3 is 2.40 bits per heavy atom. The molecule has 130 valence electrons. The van der Waals surface area contributed by atoms with E-state index in [0.29, 0.717) is 24.7 Å². The number of anilines is 1. The quantitative estimate of drug-likeness (QED) is 0.621. The van der Waals surface area contributed by atoms with Crippen LogP contribution >= 0.6 is 15.9 Å². The lowest BCUT2D eigenvalue weighted by Gasteiger charge is -2.21. The lowest BCUT2D eigenvalue weighted by Crippen LogP contribution is -2.23. The highest BCUT2D eigenvalue weighted by Crippen LogP contribution is 2.37. The van der Waals surface area contributed by atoms with Crippen LogP contribution < -0.4 is 14.8 Å². The first-order valence-electron chi connectivity index (χ1n) is 7.65. The van der Waals surface area contributed by atoms with Gasteiger partial charge in [-0.3, -0.25) is 9.59 Å². The highest BCUT2D eigenvalue weighted by atomic mass is 79.9. The summed E-state index contributed by atoms with van der Waals surface area (Å²) in [4.78, 5) is 24.4. The highest BCUT2D eigenvalue weighted by molar-refractivity contribution is 9.10. The Kier molecular flexibility index (Phi) is 5.03. The maximum Gasteiger partial charge on any atom is 0.237 e. The van der Waals surface area contributed by atoms with Crippen LogP contribution in [0.25, 0.3) is 0 Å². The number of benzene rings is 2. The van der Waals surface area contributed by atoms with Crippen molar-refractivity contribution in [2.24, 2.45) is 0 Å². The van der Waals surface area contributed by atoms with Crippen LogP contribution in [0.15, 0.2) is 36.4 Å². The Hall–Kier alpha value is -2.41. The van der Waals surface area contributed by atoms with E-state index in [4.69, 9.17) is 9.47 Å². The summed E-state index contributed by atoms with van der Waals surface area (Å²) >= 11 is 3.18. The van der Waals surface area contributed by atoms with E-state index in [2.05, 4.69) is 21.2 Å². The zero-order valence-electron chi connectivity index (χ0n) is 13.3. The van der Waals surface area contributed by atoms with Crippen LogP contribution in [0.2, 0.25) is 0 Å². The summed E-state index contributed by atoms with van der Waals surface area (Å²) in [5.41, 5.74) is 0.297. The van der Waals surface area contributed by atoms with Crippen LogP contribution in [0.1, 0.15) is 22.8 Å². The average Bonchev–Trinajstić information content (AvgIpc) is 2.61. The second-order valence-corrected chi connectivity index (χ2v) is 6.83. The van der Waals surface area contributed by atoms with Crippen molar-refractivity contribution in [1.29, 1.82) is 0 Å². The third-order valence-corrected chi connectivity index (χ3v) is 4.08. The third-order valence-electron chi connectivity index (χ3n) is 3.66. The third kappa shape index (κ3) is 3.66. The molecule has 1 atom stereocenters. The fourth-order valence-corrected chi connectivity index (χ4v) is 2.52. The van der Waals surface area contributed by atoms with Crippen LogP contribution in [-0.2, 0) is 4.79 Å². The SMILES string of the molecule is C[C@H](Br)C(=O)Nc1cc2c(cc1C(=O)c1ccccc1F)OCCO2. The van der Waals surface area contributed by atoms with E-state index >= 15 is 0 Å². The van der Waals surface area contributed by atoms with Gasteiger partial charge in [-0.05, 0) is 25.1 Å². The molecule has 1 aliphatic rings. The molecule has 7 heteroatoms. The molecule has 1 heterocycles. The number of amides is 1.